The van der Waals surface area contributed by atoms with Crippen molar-refractivity contribution in [3.05, 3.63) is 35.9 Å². The Morgan fingerprint density at radius 2 is 1.94 bits per heavy atom. The largest absolute Gasteiger partial charge is 0.320 e. The van der Waals surface area contributed by atoms with E-state index in [4.69, 9.17) is 0 Å². The van der Waals surface area contributed by atoms with Crippen molar-refractivity contribution in [1.29, 1.82) is 0 Å². The summed E-state index contributed by atoms with van der Waals surface area (Å²) in [6.45, 7) is 5.69. The molecule has 90 valence electrons. The minimum Gasteiger partial charge on any atom is -0.320 e. The topological polar surface area (TPSA) is 15.3 Å². The highest BCUT2D eigenvalue weighted by Gasteiger charge is 2.07. The lowest BCUT2D eigenvalue weighted by Crippen LogP contribution is -2.26. The molecule has 2 nitrogen and oxygen atoms in total. The maximum absolute atomic E-state index is 3.18. The van der Waals surface area contributed by atoms with Crippen molar-refractivity contribution >= 4 is 0 Å². The van der Waals surface area contributed by atoms with Gasteiger partial charge in [-0.3, -0.25) is 0 Å². The molecule has 0 saturated heterocycles. The Bertz CT molecular complexity index is 271. The molecule has 0 bridgehead atoms. The Balaban J connectivity index is 2.31. The molecule has 0 saturated carbocycles. The van der Waals surface area contributed by atoms with Crippen LogP contribution in [0.1, 0.15) is 24.8 Å². The summed E-state index contributed by atoms with van der Waals surface area (Å²) in [5, 5.41) is 3.18. The molecule has 1 aromatic rings. The summed E-state index contributed by atoms with van der Waals surface area (Å²) < 4.78 is 0. The number of likely N-dealkylation sites (N-methyl/N-ethyl adjacent to an activating group) is 1. The zero-order valence-corrected chi connectivity index (χ0v) is 10.7. The number of hydrogen-bond acceptors (Lipinski definition) is 2. The first-order valence-corrected chi connectivity index (χ1v) is 6.12. The lowest BCUT2D eigenvalue weighted by atomic mass is 10.0. The Hall–Kier alpha value is -0.860. The minimum atomic E-state index is 0.612. The first kappa shape index (κ1) is 13.2. The summed E-state index contributed by atoms with van der Waals surface area (Å²) in [6.07, 6.45) is 1.22. The second-order valence-electron chi connectivity index (χ2n) is 4.53. The van der Waals surface area contributed by atoms with E-state index in [2.05, 4.69) is 54.5 Å². The molecule has 1 unspecified atom stereocenters. The van der Waals surface area contributed by atoms with Gasteiger partial charge in [0.05, 0.1) is 0 Å². The number of nitrogens with zero attached hydrogens (tertiary/aromatic N) is 1. The van der Waals surface area contributed by atoms with Crippen molar-refractivity contribution in [3.8, 4) is 0 Å². The second-order valence-corrected chi connectivity index (χ2v) is 4.53. The Labute approximate surface area is 99.7 Å². The van der Waals surface area contributed by atoms with Gasteiger partial charge in [-0.05, 0) is 45.1 Å². The van der Waals surface area contributed by atoms with Crippen molar-refractivity contribution in [2.75, 3.05) is 33.7 Å². The molecule has 16 heavy (non-hydrogen) atoms. The molecule has 0 radical (unpaired) electrons. The van der Waals surface area contributed by atoms with Gasteiger partial charge in [0.1, 0.15) is 0 Å². The highest BCUT2D eigenvalue weighted by Crippen LogP contribution is 2.15. The summed E-state index contributed by atoms with van der Waals surface area (Å²) in [5.74, 6) is 0.612. The SMILES string of the molecule is CNCCCN(C)CC(C)c1ccccc1. The van der Waals surface area contributed by atoms with Crippen LogP contribution < -0.4 is 5.32 Å². The van der Waals surface area contributed by atoms with Crippen molar-refractivity contribution in [2.45, 2.75) is 19.3 Å². The molecule has 0 amide bonds. The average molecular weight is 220 g/mol. The smallest absolute Gasteiger partial charge is 0.00446 e. The summed E-state index contributed by atoms with van der Waals surface area (Å²) in [4.78, 5) is 2.41. The van der Waals surface area contributed by atoms with Gasteiger partial charge in [-0.2, -0.15) is 0 Å². The van der Waals surface area contributed by atoms with E-state index in [9.17, 15) is 0 Å². The third-order valence-corrected chi connectivity index (χ3v) is 2.92. The van der Waals surface area contributed by atoms with Gasteiger partial charge in [0.25, 0.3) is 0 Å². The van der Waals surface area contributed by atoms with Crippen molar-refractivity contribution in [2.24, 2.45) is 0 Å². The maximum Gasteiger partial charge on any atom is 0.00446 e. The molecule has 0 aliphatic rings. The molecule has 0 aromatic heterocycles. The molecule has 2 heteroatoms. The van der Waals surface area contributed by atoms with Gasteiger partial charge in [0.2, 0.25) is 0 Å². The van der Waals surface area contributed by atoms with Gasteiger partial charge < -0.3 is 10.2 Å². The summed E-state index contributed by atoms with van der Waals surface area (Å²) >= 11 is 0. The summed E-state index contributed by atoms with van der Waals surface area (Å²) in [5.41, 5.74) is 1.43. The van der Waals surface area contributed by atoms with Crippen LogP contribution in [0.5, 0.6) is 0 Å². The van der Waals surface area contributed by atoms with E-state index in [0.29, 0.717) is 5.92 Å². The molecule has 0 spiro atoms. The number of rotatable bonds is 7. The Morgan fingerprint density at radius 3 is 2.56 bits per heavy atom. The number of hydrogen-bond donors (Lipinski definition) is 1. The normalized spacial score (nSPS) is 13.0. The average Bonchev–Trinajstić information content (AvgIpc) is 2.30. The van der Waals surface area contributed by atoms with E-state index >= 15 is 0 Å². The Kier molecular flexibility index (Phi) is 6.12. The van der Waals surface area contributed by atoms with E-state index in [1.807, 2.05) is 7.05 Å². The zero-order valence-electron chi connectivity index (χ0n) is 10.7. The zero-order chi connectivity index (χ0) is 11.8. The molecule has 0 heterocycles. The van der Waals surface area contributed by atoms with E-state index in [-0.39, 0.29) is 0 Å². The highest BCUT2D eigenvalue weighted by atomic mass is 15.1. The molecule has 0 aliphatic heterocycles. The fourth-order valence-electron chi connectivity index (χ4n) is 1.97. The number of benzene rings is 1. The van der Waals surface area contributed by atoms with E-state index in [1.165, 1.54) is 12.0 Å². The van der Waals surface area contributed by atoms with Crippen molar-refractivity contribution in [3.63, 3.8) is 0 Å². The fraction of sp³-hybridized carbons (Fsp3) is 0.571. The molecular weight excluding hydrogens is 196 g/mol. The molecule has 1 rings (SSSR count). The van der Waals surface area contributed by atoms with Crippen LogP contribution in [0, 0.1) is 0 Å². The van der Waals surface area contributed by atoms with E-state index in [0.717, 1.165) is 19.6 Å². The van der Waals surface area contributed by atoms with Crippen LogP contribution in [0.2, 0.25) is 0 Å². The second kappa shape index (κ2) is 7.42. The third kappa shape index (κ3) is 4.77. The Morgan fingerprint density at radius 1 is 1.25 bits per heavy atom. The highest BCUT2D eigenvalue weighted by molar-refractivity contribution is 5.18. The van der Waals surface area contributed by atoms with Gasteiger partial charge in [-0.25, -0.2) is 0 Å². The molecule has 1 aromatic carbocycles. The van der Waals surface area contributed by atoms with Gasteiger partial charge in [-0.1, -0.05) is 37.3 Å². The van der Waals surface area contributed by atoms with E-state index < -0.39 is 0 Å². The van der Waals surface area contributed by atoms with Gasteiger partial charge in [0, 0.05) is 6.54 Å². The standard InChI is InChI=1S/C14H24N2/c1-13(14-8-5-4-6-9-14)12-16(3)11-7-10-15-2/h4-6,8-9,13,15H,7,10-12H2,1-3H3. The fourth-order valence-corrected chi connectivity index (χ4v) is 1.97. The number of nitrogens with one attached hydrogen (secondary N) is 1. The predicted molar refractivity (Wildman–Crippen MR) is 70.9 cm³/mol. The predicted octanol–water partition coefficient (Wildman–Crippen LogP) is 2.33. The molecule has 0 aliphatic carbocycles. The molecular formula is C14H24N2. The van der Waals surface area contributed by atoms with Gasteiger partial charge >= 0.3 is 0 Å². The van der Waals surface area contributed by atoms with Crippen LogP contribution in [-0.4, -0.2) is 38.6 Å². The van der Waals surface area contributed by atoms with Gasteiger partial charge in [0.15, 0.2) is 0 Å². The van der Waals surface area contributed by atoms with Crippen LogP contribution in [0.15, 0.2) is 30.3 Å². The van der Waals surface area contributed by atoms with Crippen molar-refractivity contribution < 1.29 is 0 Å². The van der Waals surface area contributed by atoms with Crippen LogP contribution in [-0.2, 0) is 0 Å². The van der Waals surface area contributed by atoms with E-state index in [1.54, 1.807) is 0 Å². The monoisotopic (exact) mass is 220 g/mol. The first-order valence-electron chi connectivity index (χ1n) is 6.12. The maximum atomic E-state index is 3.18. The van der Waals surface area contributed by atoms with Crippen LogP contribution >= 0.6 is 0 Å². The first-order chi connectivity index (χ1) is 7.74. The lowest BCUT2D eigenvalue weighted by Gasteiger charge is -2.21. The summed E-state index contributed by atoms with van der Waals surface area (Å²) in [7, 11) is 4.21. The van der Waals surface area contributed by atoms with Gasteiger partial charge in [-0.15, -0.1) is 0 Å². The molecule has 1 atom stereocenters. The third-order valence-electron chi connectivity index (χ3n) is 2.92. The van der Waals surface area contributed by atoms with Crippen molar-refractivity contribution in [1.82, 2.24) is 10.2 Å². The minimum absolute atomic E-state index is 0.612. The quantitative estimate of drug-likeness (QED) is 0.710. The van der Waals surface area contributed by atoms with Crippen LogP contribution in [0.25, 0.3) is 0 Å². The molecule has 0 fully saturated rings. The van der Waals surface area contributed by atoms with Crippen LogP contribution in [0.4, 0.5) is 0 Å². The molecule has 1 N–H and O–H groups in total. The van der Waals surface area contributed by atoms with Crippen LogP contribution in [0.3, 0.4) is 0 Å². The summed E-state index contributed by atoms with van der Waals surface area (Å²) in [6, 6.07) is 10.7. The lowest BCUT2D eigenvalue weighted by molar-refractivity contribution is 0.312.